The molecule has 0 spiro atoms. The van der Waals surface area contributed by atoms with Crippen molar-refractivity contribution >= 4 is 0 Å². The van der Waals surface area contributed by atoms with Crippen molar-refractivity contribution in [2.45, 2.75) is 78.4 Å². The van der Waals surface area contributed by atoms with Gasteiger partial charge in [0, 0.05) is 30.7 Å². The van der Waals surface area contributed by atoms with E-state index in [0.717, 1.165) is 18.5 Å². The molecule has 1 rings (SSSR count). The summed E-state index contributed by atoms with van der Waals surface area (Å²) in [6.45, 7) is 16.2. The topological polar surface area (TPSA) is 15.3 Å². The number of hydrogen-bond donors (Lipinski definition) is 1. The Morgan fingerprint density at radius 2 is 1.82 bits per heavy atom. The predicted molar refractivity (Wildman–Crippen MR) is 76.4 cm³/mol. The van der Waals surface area contributed by atoms with Crippen LogP contribution in [0.1, 0.15) is 60.8 Å². The van der Waals surface area contributed by atoms with Crippen molar-refractivity contribution in [3.63, 3.8) is 0 Å². The van der Waals surface area contributed by atoms with E-state index >= 15 is 0 Å². The lowest BCUT2D eigenvalue weighted by Gasteiger charge is -2.34. The molecule has 0 aromatic carbocycles. The van der Waals surface area contributed by atoms with Gasteiger partial charge in [-0.1, -0.05) is 20.8 Å². The van der Waals surface area contributed by atoms with Gasteiger partial charge in [0.1, 0.15) is 0 Å². The number of nitrogens with one attached hydrogen (secondary N) is 1. The molecule has 1 atom stereocenters. The van der Waals surface area contributed by atoms with E-state index in [4.69, 9.17) is 0 Å². The summed E-state index contributed by atoms with van der Waals surface area (Å²) >= 11 is 0. The molecule has 0 aromatic rings. The molecule has 1 fully saturated rings. The first-order valence-corrected chi connectivity index (χ1v) is 7.36. The molecule has 2 heteroatoms. The Bertz CT molecular complexity index is 219. The lowest BCUT2D eigenvalue weighted by atomic mass is 10.0. The molecule has 2 nitrogen and oxygen atoms in total. The van der Waals surface area contributed by atoms with Gasteiger partial charge >= 0.3 is 0 Å². The molecule has 0 heterocycles. The van der Waals surface area contributed by atoms with E-state index < -0.39 is 0 Å². The fourth-order valence-electron chi connectivity index (χ4n) is 2.18. The first-order valence-electron chi connectivity index (χ1n) is 7.36. The average molecular weight is 240 g/mol. The van der Waals surface area contributed by atoms with E-state index in [1.165, 1.54) is 25.8 Å². The summed E-state index contributed by atoms with van der Waals surface area (Å²) in [4.78, 5) is 2.71. The molecule has 17 heavy (non-hydrogen) atoms. The Hall–Kier alpha value is -0.0800. The van der Waals surface area contributed by atoms with Crippen LogP contribution < -0.4 is 5.32 Å². The van der Waals surface area contributed by atoms with E-state index in [1.807, 2.05) is 0 Å². The standard InChI is InChI=1S/C15H32N2/c1-7-15(5,6)16-10-13(4)17(11-12(2)3)14-8-9-14/h12-14,16H,7-11H2,1-6H3. The summed E-state index contributed by atoms with van der Waals surface area (Å²) in [5.41, 5.74) is 0.279. The van der Waals surface area contributed by atoms with Crippen molar-refractivity contribution in [3.8, 4) is 0 Å². The van der Waals surface area contributed by atoms with Crippen molar-refractivity contribution in [1.29, 1.82) is 0 Å². The highest BCUT2D eigenvalue weighted by molar-refractivity contribution is 4.89. The second-order valence-electron chi connectivity index (χ2n) is 6.79. The SMILES string of the molecule is CCC(C)(C)NCC(C)N(CC(C)C)C1CC1. The highest BCUT2D eigenvalue weighted by atomic mass is 15.2. The lowest BCUT2D eigenvalue weighted by Crippen LogP contribution is -2.49. The van der Waals surface area contributed by atoms with Crippen LogP contribution in [0, 0.1) is 5.92 Å². The van der Waals surface area contributed by atoms with Gasteiger partial charge in [-0.2, -0.15) is 0 Å². The molecule has 0 aliphatic heterocycles. The van der Waals surface area contributed by atoms with Crippen LogP contribution in [-0.4, -0.2) is 35.6 Å². The summed E-state index contributed by atoms with van der Waals surface area (Å²) in [5, 5.41) is 3.70. The Morgan fingerprint density at radius 1 is 1.24 bits per heavy atom. The minimum Gasteiger partial charge on any atom is -0.310 e. The minimum atomic E-state index is 0.279. The zero-order valence-corrected chi connectivity index (χ0v) is 12.7. The molecule has 1 aliphatic rings. The zero-order chi connectivity index (χ0) is 13.1. The van der Waals surface area contributed by atoms with Gasteiger partial charge in [-0.15, -0.1) is 0 Å². The van der Waals surface area contributed by atoms with Crippen LogP contribution in [0.2, 0.25) is 0 Å². The van der Waals surface area contributed by atoms with Crippen LogP contribution in [-0.2, 0) is 0 Å². The smallest absolute Gasteiger partial charge is 0.0195 e. The molecule has 0 saturated heterocycles. The zero-order valence-electron chi connectivity index (χ0n) is 12.7. The molecular weight excluding hydrogens is 208 g/mol. The number of nitrogens with zero attached hydrogens (tertiary/aromatic N) is 1. The van der Waals surface area contributed by atoms with Crippen molar-refractivity contribution < 1.29 is 0 Å². The molecular formula is C15H32N2. The van der Waals surface area contributed by atoms with Gasteiger partial charge in [0.2, 0.25) is 0 Å². The minimum absolute atomic E-state index is 0.279. The number of rotatable bonds is 8. The highest BCUT2D eigenvalue weighted by Crippen LogP contribution is 2.29. The van der Waals surface area contributed by atoms with Crippen LogP contribution in [0.4, 0.5) is 0 Å². The highest BCUT2D eigenvalue weighted by Gasteiger charge is 2.32. The van der Waals surface area contributed by atoms with Crippen LogP contribution in [0.3, 0.4) is 0 Å². The normalized spacial score (nSPS) is 19.1. The van der Waals surface area contributed by atoms with E-state index in [9.17, 15) is 0 Å². The van der Waals surface area contributed by atoms with Gasteiger partial charge in [-0.3, -0.25) is 4.90 Å². The van der Waals surface area contributed by atoms with Gasteiger partial charge in [0.05, 0.1) is 0 Å². The second-order valence-corrected chi connectivity index (χ2v) is 6.79. The van der Waals surface area contributed by atoms with Gasteiger partial charge in [0.25, 0.3) is 0 Å². The first-order chi connectivity index (χ1) is 7.85. The second kappa shape index (κ2) is 6.19. The summed E-state index contributed by atoms with van der Waals surface area (Å²) in [7, 11) is 0. The van der Waals surface area contributed by atoms with Crippen LogP contribution in [0.15, 0.2) is 0 Å². The fourth-order valence-corrected chi connectivity index (χ4v) is 2.18. The van der Waals surface area contributed by atoms with Gasteiger partial charge in [0.15, 0.2) is 0 Å². The maximum absolute atomic E-state index is 3.70. The van der Waals surface area contributed by atoms with E-state index in [2.05, 4.69) is 51.8 Å². The largest absolute Gasteiger partial charge is 0.310 e. The summed E-state index contributed by atoms with van der Waals surface area (Å²) in [6.07, 6.45) is 4.01. The summed E-state index contributed by atoms with van der Waals surface area (Å²) < 4.78 is 0. The third kappa shape index (κ3) is 5.39. The summed E-state index contributed by atoms with van der Waals surface area (Å²) in [6, 6.07) is 1.54. The first kappa shape index (κ1) is 15.0. The molecule has 0 amide bonds. The number of hydrogen-bond acceptors (Lipinski definition) is 2. The van der Waals surface area contributed by atoms with Gasteiger partial charge in [-0.25, -0.2) is 0 Å². The van der Waals surface area contributed by atoms with Crippen molar-refractivity contribution in [1.82, 2.24) is 10.2 Å². The van der Waals surface area contributed by atoms with Crippen molar-refractivity contribution in [2.24, 2.45) is 5.92 Å². The van der Waals surface area contributed by atoms with E-state index in [-0.39, 0.29) is 5.54 Å². The molecule has 0 aromatic heterocycles. The summed E-state index contributed by atoms with van der Waals surface area (Å²) in [5.74, 6) is 0.775. The third-order valence-electron chi connectivity index (χ3n) is 3.92. The molecule has 0 radical (unpaired) electrons. The monoisotopic (exact) mass is 240 g/mol. The predicted octanol–water partition coefficient (Wildman–Crippen LogP) is 3.27. The van der Waals surface area contributed by atoms with E-state index in [1.54, 1.807) is 0 Å². The Labute approximate surface area is 108 Å². The average Bonchev–Trinajstić information content (AvgIpc) is 3.06. The maximum Gasteiger partial charge on any atom is 0.0195 e. The van der Waals surface area contributed by atoms with Crippen molar-refractivity contribution in [2.75, 3.05) is 13.1 Å². The Morgan fingerprint density at radius 3 is 2.24 bits per heavy atom. The quantitative estimate of drug-likeness (QED) is 0.700. The fraction of sp³-hybridized carbons (Fsp3) is 1.00. The van der Waals surface area contributed by atoms with E-state index in [0.29, 0.717) is 6.04 Å². The molecule has 1 aliphatic carbocycles. The molecule has 1 unspecified atom stereocenters. The third-order valence-corrected chi connectivity index (χ3v) is 3.92. The van der Waals surface area contributed by atoms with Gasteiger partial charge in [-0.05, 0) is 46.0 Å². The molecule has 102 valence electrons. The molecule has 0 bridgehead atoms. The molecule has 1 saturated carbocycles. The Balaban J connectivity index is 2.39. The molecule has 1 N–H and O–H groups in total. The van der Waals surface area contributed by atoms with Crippen LogP contribution >= 0.6 is 0 Å². The van der Waals surface area contributed by atoms with Crippen LogP contribution in [0.5, 0.6) is 0 Å². The van der Waals surface area contributed by atoms with Gasteiger partial charge < -0.3 is 5.32 Å². The lowest BCUT2D eigenvalue weighted by molar-refractivity contribution is 0.163. The maximum atomic E-state index is 3.70. The van der Waals surface area contributed by atoms with Crippen LogP contribution in [0.25, 0.3) is 0 Å². The van der Waals surface area contributed by atoms with Crippen molar-refractivity contribution in [3.05, 3.63) is 0 Å². The Kier molecular flexibility index (Phi) is 5.46.